The van der Waals surface area contributed by atoms with Crippen LogP contribution in [0.1, 0.15) is 150 Å². The number of Topliss-reactive ketones (excluding diaryl/α,β-unsaturated/α-hetero) is 3. The minimum absolute atomic E-state index is 0.0352. The molecule has 7 amide bonds. The number of nitrogens with two attached hydrogens (primary N) is 2. The summed E-state index contributed by atoms with van der Waals surface area (Å²) in [6.45, 7) is 12.2. The van der Waals surface area contributed by atoms with E-state index in [1.54, 1.807) is 53.0 Å². The van der Waals surface area contributed by atoms with E-state index in [1.807, 2.05) is 31.4 Å². The highest BCUT2D eigenvalue weighted by atomic mass is 79.9. The van der Waals surface area contributed by atoms with Gasteiger partial charge in [-0.2, -0.15) is 0 Å². The number of nitrogen functional groups attached to an aromatic ring is 1. The van der Waals surface area contributed by atoms with Crippen LogP contribution in [0.4, 0.5) is 15.3 Å². The summed E-state index contributed by atoms with van der Waals surface area (Å²) in [5, 5.41) is 21.2. The van der Waals surface area contributed by atoms with Gasteiger partial charge in [-0.1, -0.05) is 113 Å². The highest BCUT2D eigenvalue weighted by Gasteiger charge is 2.64. The second-order valence-electron chi connectivity index (χ2n) is 24.4. The van der Waals surface area contributed by atoms with Gasteiger partial charge in [-0.15, -0.1) is 0 Å². The van der Waals surface area contributed by atoms with Crippen LogP contribution in [0.5, 0.6) is 0 Å². The van der Waals surface area contributed by atoms with Crippen molar-refractivity contribution in [2.45, 2.75) is 180 Å². The van der Waals surface area contributed by atoms with E-state index >= 15 is 0 Å². The van der Waals surface area contributed by atoms with Crippen molar-refractivity contribution in [1.29, 1.82) is 0 Å². The zero-order valence-electron chi connectivity index (χ0n) is 53.1. The number of urea groups is 1. The van der Waals surface area contributed by atoms with Crippen molar-refractivity contribution in [3.8, 4) is 0 Å². The molecule has 3 heterocycles. The van der Waals surface area contributed by atoms with Crippen molar-refractivity contribution in [2.24, 2.45) is 35.2 Å². The number of benzene rings is 2. The number of rotatable bonds is 28. The molecule has 23 nitrogen and oxygen atoms in total. The number of aliphatic hydroxyl groups is 1. The Hall–Kier alpha value is -6.09. The summed E-state index contributed by atoms with van der Waals surface area (Å²) in [6.07, 6.45) is 3.30. The molecule has 4 bridgehead atoms. The van der Waals surface area contributed by atoms with Crippen molar-refractivity contribution >= 4 is 108 Å². The number of epoxide rings is 1. The van der Waals surface area contributed by atoms with Crippen LogP contribution in [0.2, 0.25) is 5.02 Å². The second-order valence-corrected chi connectivity index (χ2v) is 26.1. The van der Waals surface area contributed by atoms with Gasteiger partial charge in [-0.05, 0) is 101 Å². The van der Waals surface area contributed by atoms with Gasteiger partial charge in [0.25, 0.3) is 11.8 Å². The average Bonchev–Trinajstić information content (AvgIpc) is 1.57. The van der Waals surface area contributed by atoms with Gasteiger partial charge in [0.15, 0.2) is 11.5 Å². The third kappa shape index (κ3) is 20.0. The Labute approximate surface area is 548 Å². The van der Waals surface area contributed by atoms with Crippen molar-refractivity contribution in [1.82, 2.24) is 26.3 Å². The summed E-state index contributed by atoms with van der Waals surface area (Å²) in [5.74, 6) is -0.301. The van der Waals surface area contributed by atoms with Crippen molar-refractivity contribution in [3.05, 3.63) is 87.0 Å². The number of unbranched alkanes of at least 4 members (excludes halogenated alkanes) is 3. The maximum Gasteiger partial charge on any atom is 0.409 e. The molecule has 2 aromatic rings. The molecule has 0 unspecified atom stereocenters. The van der Waals surface area contributed by atoms with E-state index in [-0.39, 0.29) is 78.7 Å². The molecular formula is C64H89Br2ClN8O15. The number of fused-ring (bicyclic) bond motifs is 5. The number of likely N-dealkylation sites (N-methyl/N-ethyl adjacent to an activating group) is 1. The Morgan fingerprint density at radius 3 is 2.29 bits per heavy atom. The summed E-state index contributed by atoms with van der Waals surface area (Å²) in [4.78, 5) is 138. The summed E-state index contributed by atoms with van der Waals surface area (Å²) < 4.78 is 24.0. The molecule has 2 saturated heterocycles. The van der Waals surface area contributed by atoms with Crippen molar-refractivity contribution in [3.63, 3.8) is 0 Å². The van der Waals surface area contributed by atoms with Gasteiger partial charge >= 0.3 is 18.1 Å². The maximum absolute atomic E-state index is 14.5. The van der Waals surface area contributed by atoms with Gasteiger partial charge < -0.3 is 50.2 Å². The average molecular weight is 1410 g/mol. The van der Waals surface area contributed by atoms with Crippen molar-refractivity contribution < 1.29 is 72.0 Å². The lowest BCUT2D eigenvalue weighted by Crippen LogP contribution is -2.63. The topological polar surface area (TPSA) is 338 Å². The number of nitrogens with zero attached hydrogens (tertiary/aromatic N) is 2. The number of amides is 7. The van der Waals surface area contributed by atoms with E-state index in [9.17, 15) is 53.1 Å². The number of alkyl carbamates (subject to hydrolysis) is 1. The molecule has 0 aliphatic carbocycles. The number of esters is 1. The molecule has 0 spiro atoms. The fraction of sp³-hybridized carbons (Fsp3) is 0.594. The Kier molecular flexibility index (Phi) is 28.2. The Balaban J connectivity index is 1.36. The van der Waals surface area contributed by atoms with Crippen LogP contribution >= 0.6 is 43.5 Å². The number of nitrogens with one attached hydrogen (secondary N) is 4. The first kappa shape index (κ1) is 74.6. The van der Waals surface area contributed by atoms with Crippen LogP contribution in [-0.4, -0.2) is 155 Å². The lowest BCUT2D eigenvalue weighted by Gasteiger charge is -2.42. The Morgan fingerprint density at radius 2 is 1.66 bits per heavy atom. The van der Waals surface area contributed by atoms with E-state index in [2.05, 4.69) is 47.8 Å². The monoisotopic (exact) mass is 1400 g/mol. The second kappa shape index (κ2) is 34.0. The first-order chi connectivity index (χ1) is 42.4. The number of carbonyl (C=O) groups is 10. The molecule has 0 radical (unpaired) electrons. The highest BCUT2D eigenvalue weighted by Crippen LogP contribution is 2.49. The van der Waals surface area contributed by atoms with Crippen molar-refractivity contribution in [2.75, 3.05) is 43.3 Å². The number of ether oxygens (including phenoxy) is 4. The number of anilines is 1. The number of aryl methyl sites for hydroxylation is 1. The molecular weight excluding hydrogens is 1320 g/mol. The predicted molar refractivity (Wildman–Crippen MR) is 346 cm³/mol. The highest BCUT2D eigenvalue weighted by molar-refractivity contribution is 9.09. The number of alkyl halides is 2. The number of hydrogen-bond donors (Lipinski definition) is 7. The number of hydrogen-bond acceptors (Lipinski definition) is 16. The van der Waals surface area contributed by atoms with Crippen LogP contribution < -0.4 is 37.9 Å². The third-order valence-corrected chi connectivity index (χ3v) is 19.3. The number of allylic oxidation sites excluding steroid dienone is 3. The Bertz CT molecular complexity index is 3030. The summed E-state index contributed by atoms with van der Waals surface area (Å²) >= 11 is 13.6. The molecule has 26 heteroatoms. The lowest BCUT2D eigenvalue weighted by molar-refractivity contribution is -0.158. The molecule has 3 aliphatic heterocycles. The minimum atomic E-state index is -1.92. The minimum Gasteiger partial charge on any atom is -0.457 e. The predicted octanol–water partition coefficient (Wildman–Crippen LogP) is 7.32. The smallest absolute Gasteiger partial charge is 0.409 e. The third-order valence-electron chi connectivity index (χ3n) is 17.3. The number of primary amides is 1. The number of hydrazine groups is 1. The molecule has 496 valence electrons. The zero-order chi connectivity index (χ0) is 66.9. The van der Waals surface area contributed by atoms with Crippen LogP contribution in [0.25, 0.3) is 0 Å². The van der Waals surface area contributed by atoms with Crippen LogP contribution in [-0.2, 0) is 60.6 Å². The standard InChI is InChI=1S/C64H89Br2ClN8O15/c1-35(2)45(30-44(76)18-13-11-12-14-20-49(77)43(33-65)34-66)57(80)71-47(19-16-24-70-61(68)84)50(78)29-41-22-23-42(28-46(41)58(81)73-69)59(82)74(8)39(6)60(83)89-53-31-54(79)75(9)48-27-40(26-37(4)55(48)67)25-36(3)17-15-21-52(87-10)64(86)32-51(88-62(85)72-64)38(5)56-63(53,7)90-56/h15,17,21-23,26-28,35,38-39,43,45,47,51-53,56,86H,11-14,16,18-20,24-25,29-34,69H2,1-10H3,(H,71,80)(H,72,85)(H,73,81)(H3,68,70,84)/b21-15+,36-17+/t38-,39+,45+,47+,51+,52-,53+,56+,63+,64+/m1/s1. The molecule has 5 rings (SSSR count). The lowest BCUT2D eigenvalue weighted by atomic mass is 9.83. The SMILES string of the molecule is CO[C@@H]1/C=C/C=C(\C)Cc2cc(C)c(Cl)c(c2)N(C)C(=O)C[C@H](OC(=O)[C@H](C)N(C)C(=O)c2ccc(CC(=O)[C@H](CCCNC(N)=O)NC(=O)[C@@H](CC(=O)CCCCCCC(=O)C(CBr)CBr)C(C)C)c(C(=O)NN)c2)[C@]2(C)O[C@H]2[C@H](C)[C@@H]2C[C@@]1(O)NC(=O)O2. The van der Waals surface area contributed by atoms with Gasteiger partial charge in [0.2, 0.25) is 11.8 Å². The van der Waals surface area contributed by atoms with E-state index in [1.165, 1.54) is 44.2 Å². The summed E-state index contributed by atoms with van der Waals surface area (Å²) in [6, 6.07) is 4.35. The van der Waals surface area contributed by atoms with Gasteiger partial charge in [0.05, 0.1) is 29.3 Å². The molecule has 10 atom stereocenters. The normalized spacial score (nSPS) is 23.8. The number of methoxy groups -OCH3 is 1. The maximum atomic E-state index is 14.5. The summed E-state index contributed by atoms with van der Waals surface area (Å²) in [7, 11) is 4.28. The molecule has 90 heavy (non-hydrogen) atoms. The Morgan fingerprint density at radius 1 is 0.978 bits per heavy atom. The van der Waals surface area contributed by atoms with Crippen LogP contribution in [0.3, 0.4) is 0 Å². The fourth-order valence-electron chi connectivity index (χ4n) is 11.4. The van der Waals surface area contributed by atoms with Gasteiger partial charge in [0, 0.05) is 99.4 Å². The largest absolute Gasteiger partial charge is 0.457 e. The number of ketones is 3. The molecule has 0 aromatic heterocycles. The summed E-state index contributed by atoms with van der Waals surface area (Å²) in [5.41, 5.74) is 6.72. The van der Waals surface area contributed by atoms with Crippen LogP contribution in [0, 0.1) is 30.6 Å². The molecule has 0 saturated carbocycles. The van der Waals surface area contributed by atoms with E-state index < -0.39 is 120 Å². The van der Waals surface area contributed by atoms with Crippen LogP contribution in [0.15, 0.2) is 54.1 Å². The molecule has 9 N–H and O–H groups in total. The molecule has 3 aliphatic rings. The molecule has 2 fully saturated rings. The van der Waals surface area contributed by atoms with Gasteiger partial charge in [-0.3, -0.25) is 44.3 Å². The van der Waals surface area contributed by atoms with E-state index in [4.69, 9.17) is 42.1 Å². The van der Waals surface area contributed by atoms with Gasteiger partial charge in [0.1, 0.15) is 41.5 Å². The van der Waals surface area contributed by atoms with E-state index in [0.29, 0.717) is 52.6 Å². The quantitative estimate of drug-likeness (QED) is 0.00834. The fourth-order valence-corrected chi connectivity index (χ4v) is 13.4. The van der Waals surface area contributed by atoms with E-state index in [0.717, 1.165) is 28.9 Å². The molecule has 2 aromatic carbocycles. The zero-order valence-corrected chi connectivity index (χ0v) is 57.0. The number of halogens is 3. The first-order valence-electron chi connectivity index (χ1n) is 30.4. The van der Waals surface area contributed by atoms with Gasteiger partial charge in [-0.25, -0.2) is 20.2 Å². The first-order valence-corrected chi connectivity index (χ1v) is 33.0. The number of carbonyl (C=O) groups excluding carboxylic acids is 10.